The molecule has 5 nitrogen and oxygen atoms in total. The fourth-order valence-corrected chi connectivity index (χ4v) is 3.20. The Morgan fingerprint density at radius 1 is 1.24 bits per heavy atom. The van der Waals surface area contributed by atoms with Crippen molar-refractivity contribution in [1.29, 1.82) is 0 Å². The number of carbonyl (C=O) groups is 2. The molecule has 1 aliphatic heterocycles. The molecule has 2 amide bonds. The Morgan fingerprint density at radius 2 is 2.04 bits per heavy atom. The maximum Gasteiger partial charge on any atom is 0.290 e. The average Bonchev–Trinajstić information content (AvgIpc) is 3.16. The third-order valence-corrected chi connectivity index (χ3v) is 4.53. The van der Waals surface area contributed by atoms with E-state index in [1.54, 1.807) is 42.2 Å². The number of furan rings is 1. The molecule has 2 aromatic rings. The summed E-state index contributed by atoms with van der Waals surface area (Å²) >= 11 is 0. The van der Waals surface area contributed by atoms with Crippen LogP contribution >= 0.6 is 0 Å². The molecule has 6 heteroatoms. The molecule has 132 valence electrons. The molecule has 0 radical (unpaired) electrons. The standard InChI is InChI=1S/C19H21FN2O3/c1-13(14-7-2-3-8-15(14)20)21-18(23)16-9-4-5-11-22(16)19(24)17-10-6-12-25-17/h2-3,6-8,10,12-13,16H,4-5,9,11H2,1H3,(H,21,23)/t13-,16+/m0/s1. The summed E-state index contributed by atoms with van der Waals surface area (Å²) in [5.41, 5.74) is 0.426. The van der Waals surface area contributed by atoms with E-state index in [9.17, 15) is 14.0 Å². The quantitative estimate of drug-likeness (QED) is 0.926. The number of amides is 2. The van der Waals surface area contributed by atoms with E-state index in [0.29, 0.717) is 18.5 Å². The number of carbonyl (C=O) groups excluding carboxylic acids is 2. The molecule has 2 heterocycles. The predicted octanol–water partition coefficient (Wildman–Crippen LogP) is 3.29. The van der Waals surface area contributed by atoms with Gasteiger partial charge in [-0.05, 0) is 44.4 Å². The number of piperidine rings is 1. The van der Waals surface area contributed by atoms with Crippen molar-refractivity contribution >= 4 is 11.8 Å². The van der Waals surface area contributed by atoms with E-state index in [0.717, 1.165) is 12.8 Å². The molecular formula is C19H21FN2O3. The number of nitrogens with zero attached hydrogens (tertiary/aromatic N) is 1. The van der Waals surface area contributed by atoms with Crippen LogP contribution in [-0.4, -0.2) is 29.3 Å². The highest BCUT2D eigenvalue weighted by Crippen LogP contribution is 2.22. The lowest BCUT2D eigenvalue weighted by Crippen LogP contribution is -2.52. The van der Waals surface area contributed by atoms with Gasteiger partial charge in [-0.25, -0.2) is 4.39 Å². The Bertz CT molecular complexity index is 745. The summed E-state index contributed by atoms with van der Waals surface area (Å²) in [5, 5.41) is 2.83. The lowest BCUT2D eigenvalue weighted by atomic mass is 10.00. The fraction of sp³-hybridized carbons (Fsp3) is 0.368. The van der Waals surface area contributed by atoms with E-state index < -0.39 is 12.1 Å². The number of hydrogen-bond acceptors (Lipinski definition) is 3. The van der Waals surface area contributed by atoms with Crippen molar-refractivity contribution in [3.8, 4) is 0 Å². The van der Waals surface area contributed by atoms with Crippen molar-refractivity contribution in [2.24, 2.45) is 0 Å². The summed E-state index contributed by atoms with van der Waals surface area (Å²) < 4.78 is 19.1. The van der Waals surface area contributed by atoms with Crippen molar-refractivity contribution in [2.75, 3.05) is 6.54 Å². The molecule has 0 bridgehead atoms. The summed E-state index contributed by atoms with van der Waals surface area (Å²) in [5.74, 6) is -0.692. The molecule has 3 rings (SSSR count). The summed E-state index contributed by atoms with van der Waals surface area (Å²) in [4.78, 5) is 26.8. The van der Waals surface area contributed by atoms with E-state index in [1.165, 1.54) is 12.3 Å². The summed E-state index contributed by atoms with van der Waals surface area (Å²) in [6, 6.07) is 8.54. The van der Waals surface area contributed by atoms with Gasteiger partial charge in [0.2, 0.25) is 5.91 Å². The summed E-state index contributed by atoms with van der Waals surface area (Å²) in [6.45, 7) is 2.24. The number of halogens is 1. The first-order valence-corrected chi connectivity index (χ1v) is 8.47. The SMILES string of the molecule is C[C@H](NC(=O)[C@H]1CCCCN1C(=O)c1ccco1)c1ccccc1F. The van der Waals surface area contributed by atoms with Crippen molar-refractivity contribution in [3.63, 3.8) is 0 Å². The topological polar surface area (TPSA) is 62.6 Å². The maximum absolute atomic E-state index is 13.9. The van der Waals surface area contributed by atoms with E-state index in [-0.39, 0.29) is 23.4 Å². The smallest absolute Gasteiger partial charge is 0.290 e. The average molecular weight is 344 g/mol. The first-order chi connectivity index (χ1) is 12.1. The van der Waals surface area contributed by atoms with Crippen molar-refractivity contribution in [3.05, 3.63) is 59.8 Å². The summed E-state index contributed by atoms with van der Waals surface area (Å²) in [7, 11) is 0. The van der Waals surface area contributed by atoms with E-state index >= 15 is 0 Å². The van der Waals surface area contributed by atoms with Crippen molar-refractivity contribution < 1.29 is 18.4 Å². The molecule has 1 aliphatic rings. The Labute approximate surface area is 145 Å². The van der Waals surface area contributed by atoms with Gasteiger partial charge in [-0.1, -0.05) is 18.2 Å². The molecule has 1 aromatic carbocycles. The number of nitrogens with one attached hydrogen (secondary N) is 1. The van der Waals surface area contributed by atoms with Crippen LogP contribution in [0.5, 0.6) is 0 Å². The molecule has 1 fully saturated rings. The van der Waals surface area contributed by atoms with Gasteiger partial charge in [0.25, 0.3) is 5.91 Å². The lowest BCUT2D eigenvalue weighted by molar-refractivity contribution is -0.127. The van der Waals surface area contributed by atoms with Gasteiger partial charge in [-0.15, -0.1) is 0 Å². The number of rotatable bonds is 4. The Hall–Kier alpha value is -2.63. The second kappa shape index (κ2) is 7.51. The van der Waals surface area contributed by atoms with Crippen molar-refractivity contribution in [1.82, 2.24) is 10.2 Å². The maximum atomic E-state index is 13.9. The molecule has 1 N–H and O–H groups in total. The Balaban J connectivity index is 1.73. The normalized spacial score (nSPS) is 18.6. The van der Waals surface area contributed by atoms with E-state index in [4.69, 9.17) is 4.42 Å². The number of hydrogen-bond donors (Lipinski definition) is 1. The minimum Gasteiger partial charge on any atom is -0.459 e. The van der Waals surface area contributed by atoms with Gasteiger partial charge in [-0.3, -0.25) is 9.59 Å². The van der Waals surface area contributed by atoms with Gasteiger partial charge in [-0.2, -0.15) is 0 Å². The molecule has 0 saturated carbocycles. The van der Waals surface area contributed by atoms with Crippen LogP contribution in [0.2, 0.25) is 0 Å². The highest BCUT2D eigenvalue weighted by Gasteiger charge is 2.34. The van der Waals surface area contributed by atoms with Crippen LogP contribution in [0.1, 0.15) is 48.3 Å². The molecule has 1 saturated heterocycles. The van der Waals surface area contributed by atoms with Crippen LogP contribution in [-0.2, 0) is 4.79 Å². The monoisotopic (exact) mass is 344 g/mol. The van der Waals surface area contributed by atoms with Crippen LogP contribution in [0.3, 0.4) is 0 Å². The van der Waals surface area contributed by atoms with Crippen LogP contribution in [0, 0.1) is 5.82 Å². The third-order valence-electron chi connectivity index (χ3n) is 4.53. The van der Waals surface area contributed by atoms with Gasteiger partial charge in [0, 0.05) is 12.1 Å². The van der Waals surface area contributed by atoms with Crippen LogP contribution < -0.4 is 5.32 Å². The fourth-order valence-electron chi connectivity index (χ4n) is 3.20. The highest BCUT2D eigenvalue weighted by molar-refractivity contribution is 5.95. The zero-order chi connectivity index (χ0) is 17.8. The van der Waals surface area contributed by atoms with Gasteiger partial charge < -0.3 is 14.6 Å². The van der Waals surface area contributed by atoms with Crippen LogP contribution in [0.4, 0.5) is 4.39 Å². The highest BCUT2D eigenvalue weighted by atomic mass is 19.1. The molecular weight excluding hydrogens is 323 g/mol. The molecule has 1 aromatic heterocycles. The minimum absolute atomic E-state index is 0.224. The minimum atomic E-state index is -0.569. The van der Waals surface area contributed by atoms with Gasteiger partial charge in [0.05, 0.1) is 12.3 Å². The van der Waals surface area contributed by atoms with Gasteiger partial charge in [0.15, 0.2) is 5.76 Å². The van der Waals surface area contributed by atoms with Gasteiger partial charge in [0.1, 0.15) is 11.9 Å². The Morgan fingerprint density at radius 3 is 2.76 bits per heavy atom. The molecule has 25 heavy (non-hydrogen) atoms. The predicted molar refractivity (Wildman–Crippen MR) is 90.3 cm³/mol. The second-order valence-electron chi connectivity index (χ2n) is 6.24. The second-order valence-corrected chi connectivity index (χ2v) is 6.24. The zero-order valence-electron chi connectivity index (χ0n) is 14.1. The molecule has 0 unspecified atom stereocenters. The zero-order valence-corrected chi connectivity index (χ0v) is 14.1. The molecule has 0 spiro atoms. The van der Waals surface area contributed by atoms with Gasteiger partial charge >= 0.3 is 0 Å². The summed E-state index contributed by atoms with van der Waals surface area (Å²) in [6.07, 6.45) is 3.74. The molecule has 0 aliphatic carbocycles. The van der Waals surface area contributed by atoms with Crippen molar-refractivity contribution in [2.45, 2.75) is 38.3 Å². The van der Waals surface area contributed by atoms with E-state index in [2.05, 4.69) is 5.32 Å². The third kappa shape index (κ3) is 3.73. The van der Waals surface area contributed by atoms with Crippen LogP contribution in [0.15, 0.2) is 47.1 Å². The van der Waals surface area contributed by atoms with Crippen LogP contribution in [0.25, 0.3) is 0 Å². The first kappa shape index (κ1) is 17.2. The molecule has 2 atom stereocenters. The Kier molecular flexibility index (Phi) is 5.16. The first-order valence-electron chi connectivity index (χ1n) is 8.47. The largest absolute Gasteiger partial charge is 0.459 e. The number of likely N-dealkylation sites (tertiary alicyclic amines) is 1. The number of benzene rings is 1. The lowest BCUT2D eigenvalue weighted by Gasteiger charge is -2.34. The van der Waals surface area contributed by atoms with E-state index in [1.807, 2.05) is 0 Å².